The number of nitrogens with zero attached hydrogens (tertiary/aromatic N) is 2. The number of aromatic amines is 1. The number of fused-ring (bicyclic) bond motifs is 2. The van der Waals surface area contributed by atoms with Gasteiger partial charge in [-0.05, 0) is 104 Å². The van der Waals surface area contributed by atoms with E-state index in [1.807, 2.05) is 61.6 Å². The van der Waals surface area contributed by atoms with Crippen molar-refractivity contribution < 1.29 is 23.2 Å². The van der Waals surface area contributed by atoms with Crippen LogP contribution in [0.25, 0.3) is 17.0 Å². The molecule has 0 spiro atoms. The number of hydrogen-bond donors (Lipinski definition) is 3. The Labute approximate surface area is 256 Å². The van der Waals surface area contributed by atoms with Gasteiger partial charge in [0, 0.05) is 41.3 Å². The number of hydroxylamine groups is 1. The normalized spacial score (nSPS) is 15.1. The van der Waals surface area contributed by atoms with E-state index in [9.17, 15) is 13.2 Å². The van der Waals surface area contributed by atoms with Crippen molar-refractivity contribution in [2.24, 2.45) is 0 Å². The molecule has 0 saturated carbocycles. The average molecular weight is 623 g/mol. The van der Waals surface area contributed by atoms with E-state index in [4.69, 9.17) is 21.5 Å². The van der Waals surface area contributed by atoms with Gasteiger partial charge in [0.05, 0.1) is 10.9 Å². The van der Waals surface area contributed by atoms with E-state index < -0.39 is 15.9 Å². The van der Waals surface area contributed by atoms with Gasteiger partial charge in [-0.15, -0.1) is 0 Å². The van der Waals surface area contributed by atoms with Crippen LogP contribution >= 0.6 is 11.6 Å². The molecule has 1 aromatic heterocycles. The molecule has 1 atom stereocenters. The molecule has 0 fully saturated rings. The quantitative estimate of drug-likeness (QED) is 0.114. The summed E-state index contributed by atoms with van der Waals surface area (Å²) in [6.45, 7) is 1.52. The molecule has 5 rings (SSSR count). The van der Waals surface area contributed by atoms with Crippen LogP contribution in [0.5, 0.6) is 5.75 Å². The number of amides is 1. The Morgan fingerprint density at radius 1 is 1.12 bits per heavy atom. The number of halogens is 1. The maximum atomic E-state index is 14.3. The van der Waals surface area contributed by atoms with Crippen LogP contribution in [0.3, 0.4) is 0 Å². The number of likely N-dealkylation sites (N-methyl/N-ethyl adjacent to an activating group) is 1. The fourth-order valence-electron chi connectivity index (χ4n) is 5.45. The van der Waals surface area contributed by atoms with Gasteiger partial charge in [-0.2, -0.15) is 4.31 Å². The van der Waals surface area contributed by atoms with E-state index in [0.717, 1.165) is 39.7 Å². The molecular formula is C32H35ClN4O5S. The number of ether oxygens (including phenoxy) is 1. The zero-order valence-corrected chi connectivity index (χ0v) is 25.7. The van der Waals surface area contributed by atoms with Gasteiger partial charge in [0.1, 0.15) is 12.4 Å². The Morgan fingerprint density at radius 3 is 2.65 bits per heavy atom. The van der Waals surface area contributed by atoms with Crippen molar-refractivity contribution in [2.75, 3.05) is 33.8 Å². The molecule has 0 bridgehead atoms. The second-order valence-corrected chi connectivity index (χ2v) is 13.1. The van der Waals surface area contributed by atoms with Gasteiger partial charge in [0.25, 0.3) is 5.91 Å². The zero-order valence-electron chi connectivity index (χ0n) is 24.1. The summed E-state index contributed by atoms with van der Waals surface area (Å²) in [6.07, 6.45) is 6.58. The first-order chi connectivity index (χ1) is 20.7. The van der Waals surface area contributed by atoms with E-state index in [2.05, 4.69) is 4.98 Å². The third-order valence-corrected chi connectivity index (χ3v) is 9.82. The molecule has 1 aliphatic rings. The molecule has 226 valence electrons. The Kier molecular flexibility index (Phi) is 9.53. The van der Waals surface area contributed by atoms with Crippen molar-refractivity contribution >= 4 is 44.5 Å². The fourth-order valence-corrected chi connectivity index (χ4v) is 7.26. The van der Waals surface area contributed by atoms with Gasteiger partial charge in [-0.25, -0.2) is 13.9 Å². The lowest BCUT2D eigenvalue weighted by molar-refractivity contribution is -0.124. The topological polar surface area (TPSA) is 115 Å². The standard InChI is InChI=1S/C32H35ClN4O5S/c1-36(2)17-18-42-26-7-9-27(10-8-26)43(40,41)37(16-15-24-21-34-30-12-6-25(33)20-29(24)30)31-13-5-23-19-22(3-11-28(23)31)4-14-32(38)35-39/h3-4,6-12,14,19-21,31,34,39H,5,13,15-18H2,1-2H3,(H,35,38). The molecule has 0 radical (unpaired) electrons. The average Bonchev–Trinajstić information content (AvgIpc) is 3.59. The SMILES string of the molecule is CN(C)CCOc1ccc(S(=O)(=O)N(CCc2c[nH]c3ccc(Cl)cc23)C2CCc3cc(C=CC(=O)NO)ccc32)cc1. The van der Waals surface area contributed by atoms with Crippen LogP contribution < -0.4 is 10.2 Å². The molecule has 0 aliphatic heterocycles. The molecule has 3 aromatic carbocycles. The van der Waals surface area contributed by atoms with Crippen LogP contribution in [-0.4, -0.2) is 67.5 Å². The van der Waals surface area contributed by atoms with Crippen LogP contribution in [0.4, 0.5) is 0 Å². The molecule has 11 heteroatoms. The highest BCUT2D eigenvalue weighted by Crippen LogP contribution is 2.40. The summed E-state index contributed by atoms with van der Waals surface area (Å²) in [5.41, 5.74) is 6.27. The lowest BCUT2D eigenvalue weighted by Crippen LogP contribution is -2.35. The molecule has 3 N–H and O–H groups in total. The summed E-state index contributed by atoms with van der Waals surface area (Å²) in [5.74, 6) is -0.00646. The number of carbonyl (C=O) groups excluding carboxylic acids is 1. The minimum Gasteiger partial charge on any atom is -0.492 e. The molecule has 1 aliphatic carbocycles. The van der Waals surface area contributed by atoms with Gasteiger partial charge in [0.2, 0.25) is 10.0 Å². The molecule has 1 unspecified atom stereocenters. The summed E-state index contributed by atoms with van der Waals surface area (Å²) in [7, 11) is 0.0414. The summed E-state index contributed by atoms with van der Waals surface area (Å²) in [4.78, 5) is 16.9. The van der Waals surface area contributed by atoms with Crippen molar-refractivity contribution in [3.05, 3.63) is 100 Å². The molecule has 1 heterocycles. The van der Waals surface area contributed by atoms with Crippen LogP contribution in [0, 0.1) is 0 Å². The van der Waals surface area contributed by atoms with Gasteiger partial charge < -0.3 is 14.6 Å². The highest BCUT2D eigenvalue weighted by atomic mass is 35.5. The maximum absolute atomic E-state index is 14.3. The molecule has 43 heavy (non-hydrogen) atoms. The third-order valence-electron chi connectivity index (χ3n) is 7.67. The number of rotatable bonds is 12. The minimum atomic E-state index is -3.89. The smallest absolute Gasteiger partial charge is 0.267 e. The number of sulfonamides is 1. The molecule has 1 amide bonds. The van der Waals surface area contributed by atoms with E-state index in [1.54, 1.807) is 40.1 Å². The first kappa shape index (κ1) is 30.8. The van der Waals surface area contributed by atoms with Crippen LogP contribution in [0.1, 0.15) is 34.7 Å². The van der Waals surface area contributed by atoms with Gasteiger partial charge in [-0.1, -0.05) is 29.8 Å². The first-order valence-corrected chi connectivity index (χ1v) is 15.9. The highest BCUT2D eigenvalue weighted by Gasteiger charge is 2.36. The Bertz CT molecular complexity index is 1730. The first-order valence-electron chi connectivity index (χ1n) is 14.1. The number of aryl methyl sites for hydroxylation is 1. The van der Waals surface area contributed by atoms with Gasteiger partial charge in [0.15, 0.2) is 0 Å². The van der Waals surface area contributed by atoms with Crippen molar-refractivity contribution in [3.8, 4) is 5.75 Å². The van der Waals surface area contributed by atoms with E-state index in [1.165, 1.54) is 6.08 Å². The second kappa shape index (κ2) is 13.3. The summed E-state index contributed by atoms with van der Waals surface area (Å²) in [5, 5.41) is 10.4. The Balaban J connectivity index is 1.45. The third kappa shape index (κ3) is 7.11. The van der Waals surface area contributed by atoms with Crippen molar-refractivity contribution in [1.82, 2.24) is 19.7 Å². The number of aromatic nitrogens is 1. The lowest BCUT2D eigenvalue weighted by atomic mass is 10.0. The predicted molar refractivity (Wildman–Crippen MR) is 168 cm³/mol. The highest BCUT2D eigenvalue weighted by molar-refractivity contribution is 7.89. The van der Waals surface area contributed by atoms with Crippen molar-refractivity contribution in [2.45, 2.75) is 30.2 Å². The molecule has 0 saturated heterocycles. The Hall–Kier alpha value is -3.67. The molecule has 4 aromatic rings. The van der Waals surface area contributed by atoms with E-state index in [-0.39, 0.29) is 17.5 Å². The van der Waals surface area contributed by atoms with Crippen molar-refractivity contribution in [1.29, 1.82) is 0 Å². The fraction of sp³-hybridized carbons (Fsp3) is 0.281. The van der Waals surface area contributed by atoms with Crippen molar-refractivity contribution in [3.63, 3.8) is 0 Å². The van der Waals surface area contributed by atoms with Crippen LogP contribution in [-0.2, 0) is 27.7 Å². The van der Waals surface area contributed by atoms with E-state index >= 15 is 0 Å². The number of nitrogens with one attached hydrogen (secondary N) is 2. The largest absolute Gasteiger partial charge is 0.492 e. The number of carbonyl (C=O) groups is 1. The number of hydrogen-bond acceptors (Lipinski definition) is 6. The van der Waals surface area contributed by atoms with E-state index in [0.29, 0.717) is 36.6 Å². The number of H-pyrrole nitrogens is 1. The van der Waals surface area contributed by atoms with Crippen LogP contribution in [0.2, 0.25) is 5.02 Å². The molecule has 9 nitrogen and oxygen atoms in total. The lowest BCUT2D eigenvalue weighted by Gasteiger charge is -2.29. The summed E-state index contributed by atoms with van der Waals surface area (Å²) < 4.78 is 35.9. The minimum absolute atomic E-state index is 0.206. The second-order valence-electron chi connectivity index (χ2n) is 10.8. The van der Waals surface area contributed by atoms with Crippen LogP contribution in [0.15, 0.2) is 77.8 Å². The van der Waals surface area contributed by atoms with Gasteiger partial charge in [-0.3, -0.25) is 10.0 Å². The predicted octanol–water partition coefficient (Wildman–Crippen LogP) is 5.20. The monoisotopic (exact) mass is 622 g/mol. The zero-order chi connectivity index (χ0) is 30.6. The maximum Gasteiger partial charge on any atom is 0.267 e. The molecular weight excluding hydrogens is 588 g/mol. The summed E-state index contributed by atoms with van der Waals surface area (Å²) >= 11 is 6.27. The van der Waals surface area contributed by atoms with Gasteiger partial charge >= 0.3 is 0 Å². The number of benzene rings is 3. The Morgan fingerprint density at radius 2 is 1.91 bits per heavy atom. The summed E-state index contributed by atoms with van der Waals surface area (Å²) in [6, 6.07) is 17.6.